The average molecular weight is 433 g/mol. The van der Waals surface area contributed by atoms with Crippen LogP contribution in [0.25, 0.3) is 0 Å². The summed E-state index contributed by atoms with van der Waals surface area (Å²) in [4.78, 5) is 12.4. The van der Waals surface area contributed by atoms with Crippen molar-refractivity contribution in [1.29, 1.82) is 0 Å². The number of nitrogens with one attached hydrogen (secondary N) is 2. The Morgan fingerprint density at radius 3 is 2.76 bits per heavy atom. The molecule has 0 unspecified atom stereocenters. The monoisotopic (exact) mass is 432 g/mol. The van der Waals surface area contributed by atoms with Crippen molar-refractivity contribution in [2.45, 2.75) is 13.0 Å². The summed E-state index contributed by atoms with van der Waals surface area (Å²) in [6, 6.07) is 12.5. The van der Waals surface area contributed by atoms with Gasteiger partial charge in [0.05, 0.1) is 7.11 Å². The molecule has 2 N–H and O–H groups in total. The molecule has 0 aliphatic rings. The summed E-state index contributed by atoms with van der Waals surface area (Å²) in [5.41, 5.74) is 1.34. The highest BCUT2D eigenvalue weighted by Gasteiger charge is 2.12. The molecule has 0 bridgehead atoms. The van der Waals surface area contributed by atoms with E-state index in [0.29, 0.717) is 46.4 Å². The Hall–Kier alpha value is -2.84. The van der Waals surface area contributed by atoms with Gasteiger partial charge in [0.25, 0.3) is 5.91 Å². The third kappa shape index (κ3) is 5.16. The molecule has 1 heterocycles. The second-order valence-corrected chi connectivity index (χ2v) is 7.05. The molecule has 2 aromatic carbocycles. The number of rotatable bonds is 8. The number of hydrogen-bond acceptors (Lipinski definition) is 5. The number of benzene rings is 2. The molecule has 1 aromatic heterocycles. The van der Waals surface area contributed by atoms with E-state index in [9.17, 15) is 4.79 Å². The van der Waals surface area contributed by atoms with Gasteiger partial charge in [-0.2, -0.15) is 5.10 Å². The number of hydrogen-bond donors (Lipinski definition) is 2. The number of ether oxygens (including phenoxy) is 2. The molecule has 0 spiro atoms. The van der Waals surface area contributed by atoms with Gasteiger partial charge in [-0.15, -0.1) is 0 Å². The van der Waals surface area contributed by atoms with Gasteiger partial charge in [-0.05, 0) is 36.5 Å². The summed E-state index contributed by atoms with van der Waals surface area (Å²) in [7, 11) is 3.36. The van der Waals surface area contributed by atoms with Gasteiger partial charge in [0.15, 0.2) is 16.3 Å². The minimum absolute atomic E-state index is 0.210. The average Bonchev–Trinajstić information content (AvgIpc) is 3.05. The van der Waals surface area contributed by atoms with E-state index in [1.165, 1.54) is 7.11 Å². The van der Waals surface area contributed by atoms with Crippen molar-refractivity contribution in [3.05, 3.63) is 69.2 Å². The lowest BCUT2D eigenvalue weighted by molar-refractivity contribution is 0.0953. The number of aromatic nitrogens is 3. The maximum Gasteiger partial charge on any atom is 0.251 e. The number of aromatic amines is 1. The maximum atomic E-state index is 12.4. The lowest BCUT2D eigenvalue weighted by Crippen LogP contribution is -2.26. The molecule has 0 saturated heterocycles. The van der Waals surface area contributed by atoms with Gasteiger partial charge in [0.2, 0.25) is 0 Å². The minimum Gasteiger partial charge on any atom is -0.493 e. The van der Waals surface area contributed by atoms with E-state index in [4.69, 9.17) is 33.3 Å². The van der Waals surface area contributed by atoms with Gasteiger partial charge in [-0.3, -0.25) is 9.89 Å². The molecule has 0 fully saturated rings. The van der Waals surface area contributed by atoms with Crippen LogP contribution in [0.5, 0.6) is 11.5 Å². The summed E-state index contributed by atoms with van der Waals surface area (Å²) in [5, 5.41) is 10.3. The number of nitrogens with zero attached hydrogens (tertiary/aromatic N) is 2. The third-order valence-corrected chi connectivity index (χ3v) is 5.11. The fourth-order valence-corrected chi connectivity index (χ4v) is 3.03. The Morgan fingerprint density at radius 1 is 1.28 bits per heavy atom. The maximum absolute atomic E-state index is 12.4. The Kier molecular flexibility index (Phi) is 6.90. The van der Waals surface area contributed by atoms with Crippen molar-refractivity contribution in [3.8, 4) is 11.5 Å². The van der Waals surface area contributed by atoms with Crippen molar-refractivity contribution in [3.63, 3.8) is 0 Å². The quantitative estimate of drug-likeness (QED) is 0.530. The van der Waals surface area contributed by atoms with Gasteiger partial charge in [0.1, 0.15) is 12.4 Å². The first-order chi connectivity index (χ1) is 14.0. The summed E-state index contributed by atoms with van der Waals surface area (Å²) >= 11 is 11.2. The van der Waals surface area contributed by atoms with E-state index in [2.05, 4.69) is 15.5 Å². The molecule has 9 heteroatoms. The van der Waals surface area contributed by atoms with Crippen LogP contribution in [0.2, 0.25) is 5.02 Å². The molecule has 0 saturated carbocycles. The SMILES string of the molecule is COc1cc(C(=O)NCCc2n[nH]c(=S)n2C)ccc1OCc1ccccc1Cl. The highest BCUT2D eigenvalue weighted by molar-refractivity contribution is 7.71. The molecule has 1 amide bonds. The number of carbonyl (C=O) groups is 1. The number of H-pyrrole nitrogens is 1. The number of methoxy groups -OCH3 is 1. The molecule has 0 aliphatic heterocycles. The van der Waals surface area contributed by atoms with Crippen LogP contribution in [0.1, 0.15) is 21.7 Å². The minimum atomic E-state index is -0.210. The standard InChI is InChI=1S/C20H21ClN4O3S/c1-25-18(23-24-20(25)29)9-10-22-19(26)13-7-8-16(17(11-13)27-2)28-12-14-5-3-4-6-15(14)21/h3-8,11H,9-10,12H2,1-2H3,(H,22,26)(H,24,29). The lowest BCUT2D eigenvalue weighted by atomic mass is 10.2. The second-order valence-electron chi connectivity index (χ2n) is 6.26. The first kappa shape index (κ1) is 20.9. The zero-order valence-corrected chi connectivity index (χ0v) is 17.6. The Balaban J connectivity index is 1.61. The normalized spacial score (nSPS) is 10.6. The Morgan fingerprint density at radius 2 is 2.07 bits per heavy atom. The molecule has 29 heavy (non-hydrogen) atoms. The van der Waals surface area contributed by atoms with Crippen LogP contribution in [-0.4, -0.2) is 34.3 Å². The molecular formula is C20H21ClN4O3S. The van der Waals surface area contributed by atoms with Crippen LogP contribution in [0.15, 0.2) is 42.5 Å². The molecule has 7 nitrogen and oxygen atoms in total. The van der Waals surface area contributed by atoms with Gasteiger partial charge in [0, 0.05) is 36.2 Å². The van der Waals surface area contributed by atoms with Gasteiger partial charge in [-0.1, -0.05) is 29.8 Å². The van der Waals surface area contributed by atoms with Crippen LogP contribution in [-0.2, 0) is 20.1 Å². The molecule has 0 atom stereocenters. The van der Waals surface area contributed by atoms with E-state index in [1.807, 2.05) is 31.3 Å². The van der Waals surface area contributed by atoms with Crippen LogP contribution >= 0.6 is 23.8 Å². The lowest BCUT2D eigenvalue weighted by Gasteiger charge is -2.13. The predicted octanol–water partition coefficient (Wildman–Crippen LogP) is 3.69. The van der Waals surface area contributed by atoms with Gasteiger partial charge in [-0.25, -0.2) is 0 Å². The van der Waals surface area contributed by atoms with Crippen LogP contribution < -0.4 is 14.8 Å². The molecule has 0 aliphatic carbocycles. The highest BCUT2D eigenvalue weighted by atomic mass is 35.5. The van der Waals surface area contributed by atoms with E-state index in [-0.39, 0.29) is 5.91 Å². The van der Waals surface area contributed by atoms with Crippen molar-refractivity contribution >= 4 is 29.7 Å². The third-order valence-electron chi connectivity index (χ3n) is 4.37. The van der Waals surface area contributed by atoms with Crippen LogP contribution in [0.4, 0.5) is 0 Å². The van der Waals surface area contributed by atoms with Gasteiger partial charge >= 0.3 is 0 Å². The molecule has 152 valence electrons. The fraction of sp³-hybridized carbons (Fsp3) is 0.250. The predicted molar refractivity (Wildman–Crippen MR) is 113 cm³/mol. The van der Waals surface area contributed by atoms with Crippen molar-refractivity contribution in [2.75, 3.05) is 13.7 Å². The largest absolute Gasteiger partial charge is 0.493 e. The van der Waals surface area contributed by atoms with E-state index in [1.54, 1.807) is 22.8 Å². The Bertz CT molecular complexity index is 1060. The Labute approximate surface area is 178 Å². The summed E-state index contributed by atoms with van der Waals surface area (Å²) < 4.78 is 13.5. The number of carbonyl (C=O) groups excluding carboxylic acids is 1. The van der Waals surface area contributed by atoms with Gasteiger partial charge < -0.3 is 19.4 Å². The molecular weight excluding hydrogens is 412 g/mol. The first-order valence-corrected chi connectivity index (χ1v) is 9.71. The first-order valence-electron chi connectivity index (χ1n) is 8.92. The zero-order chi connectivity index (χ0) is 20.8. The van der Waals surface area contributed by atoms with E-state index >= 15 is 0 Å². The number of halogens is 1. The zero-order valence-electron chi connectivity index (χ0n) is 16.1. The molecule has 3 rings (SSSR count). The van der Waals surface area contributed by atoms with E-state index in [0.717, 1.165) is 11.4 Å². The van der Waals surface area contributed by atoms with Crippen molar-refractivity contribution < 1.29 is 14.3 Å². The fourth-order valence-electron chi connectivity index (χ4n) is 2.69. The second kappa shape index (κ2) is 9.58. The number of amides is 1. The topological polar surface area (TPSA) is 81.2 Å². The highest BCUT2D eigenvalue weighted by Crippen LogP contribution is 2.29. The summed E-state index contributed by atoms with van der Waals surface area (Å²) in [5.74, 6) is 1.57. The molecule has 0 radical (unpaired) electrons. The van der Waals surface area contributed by atoms with Crippen molar-refractivity contribution in [1.82, 2.24) is 20.1 Å². The van der Waals surface area contributed by atoms with Crippen LogP contribution in [0.3, 0.4) is 0 Å². The van der Waals surface area contributed by atoms with E-state index < -0.39 is 0 Å². The smallest absolute Gasteiger partial charge is 0.251 e. The van der Waals surface area contributed by atoms with Crippen molar-refractivity contribution in [2.24, 2.45) is 7.05 Å². The summed E-state index contributed by atoms with van der Waals surface area (Å²) in [6.07, 6.45) is 0.561. The summed E-state index contributed by atoms with van der Waals surface area (Å²) in [6.45, 7) is 0.729. The molecule has 3 aromatic rings. The van der Waals surface area contributed by atoms with Crippen LogP contribution in [0, 0.1) is 4.77 Å².